The second-order valence-corrected chi connectivity index (χ2v) is 6.87. The van der Waals surface area contributed by atoms with E-state index in [9.17, 15) is 18.7 Å². The highest BCUT2D eigenvalue weighted by Gasteiger charge is 2.21. The number of aliphatic hydroxyl groups is 1. The molecule has 0 aliphatic carbocycles. The van der Waals surface area contributed by atoms with Crippen LogP contribution in [0.5, 0.6) is 0 Å². The number of carbonyl (C=O) groups is 1. The average Bonchev–Trinajstić information content (AvgIpc) is 2.49. The van der Waals surface area contributed by atoms with Crippen molar-refractivity contribution >= 4 is 6.09 Å². The van der Waals surface area contributed by atoms with Gasteiger partial charge < -0.3 is 14.7 Å². The van der Waals surface area contributed by atoms with Gasteiger partial charge in [-0.2, -0.15) is 0 Å². The van der Waals surface area contributed by atoms with E-state index in [0.717, 1.165) is 5.56 Å². The number of benzene rings is 1. The van der Waals surface area contributed by atoms with Gasteiger partial charge in [-0.15, -0.1) is 0 Å². The van der Waals surface area contributed by atoms with Crippen LogP contribution < -0.4 is 0 Å². The predicted molar refractivity (Wildman–Crippen MR) is 89.3 cm³/mol. The molecule has 1 N–H and O–H groups in total. The molecule has 1 aromatic rings. The molecule has 6 heteroatoms. The van der Waals surface area contributed by atoms with E-state index in [1.165, 1.54) is 17.0 Å². The lowest BCUT2D eigenvalue weighted by molar-refractivity contribution is 0.0293. The van der Waals surface area contributed by atoms with Crippen molar-refractivity contribution in [3.8, 4) is 0 Å². The molecule has 0 spiro atoms. The van der Waals surface area contributed by atoms with Crippen molar-refractivity contribution < 1.29 is 23.4 Å². The molecule has 0 radical (unpaired) electrons. The zero-order valence-corrected chi connectivity index (χ0v) is 14.8. The molecule has 0 aromatic heterocycles. The van der Waals surface area contributed by atoms with E-state index in [-0.39, 0.29) is 18.1 Å². The normalized spacial score (nSPS) is 13.0. The Morgan fingerprint density at radius 3 is 2.42 bits per heavy atom. The minimum absolute atomic E-state index is 0.0315. The zero-order chi connectivity index (χ0) is 18.3. The SMILES string of the molecule is CN(CCC(CCO)c1cccc(C(F)F)c1)C(=O)OC(C)(C)C. The van der Waals surface area contributed by atoms with Crippen LogP contribution >= 0.6 is 0 Å². The molecule has 0 bridgehead atoms. The van der Waals surface area contributed by atoms with Gasteiger partial charge in [0.05, 0.1) is 0 Å². The van der Waals surface area contributed by atoms with Crippen LogP contribution in [0.25, 0.3) is 0 Å². The monoisotopic (exact) mass is 343 g/mol. The lowest BCUT2D eigenvalue weighted by Crippen LogP contribution is -2.35. The first-order valence-electron chi connectivity index (χ1n) is 8.07. The third-order valence-electron chi connectivity index (χ3n) is 3.63. The molecular weight excluding hydrogens is 316 g/mol. The minimum Gasteiger partial charge on any atom is -0.444 e. The number of amides is 1. The predicted octanol–water partition coefficient (Wildman–Crippen LogP) is 4.35. The van der Waals surface area contributed by atoms with Crippen molar-refractivity contribution in [2.75, 3.05) is 20.2 Å². The van der Waals surface area contributed by atoms with Gasteiger partial charge in [0, 0.05) is 25.8 Å². The molecule has 0 aliphatic rings. The van der Waals surface area contributed by atoms with Crippen molar-refractivity contribution in [1.82, 2.24) is 4.90 Å². The zero-order valence-electron chi connectivity index (χ0n) is 14.8. The Balaban J connectivity index is 2.73. The lowest BCUT2D eigenvalue weighted by Gasteiger charge is -2.26. The standard InChI is InChI=1S/C18H27F2NO3/c1-18(2,3)24-17(23)21(4)10-8-13(9-11-22)14-6-5-7-15(12-14)16(19)20/h5-7,12-13,16,22H,8-11H2,1-4H3. The maximum atomic E-state index is 12.9. The number of rotatable bonds is 7. The molecule has 0 saturated carbocycles. The van der Waals surface area contributed by atoms with Crippen LogP contribution in [0.3, 0.4) is 0 Å². The van der Waals surface area contributed by atoms with E-state index in [1.807, 2.05) is 0 Å². The summed E-state index contributed by atoms with van der Waals surface area (Å²) in [6.45, 7) is 5.76. The van der Waals surface area contributed by atoms with Gasteiger partial charge in [0.2, 0.25) is 0 Å². The summed E-state index contributed by atoms with van der Waals surface area (Å²) in [7, 11) is 1.64. The first-order chi connectivity index (χ1) is 11.1. The summed E-state index contributed by atoms with van der Waals surface area (Å²) >= 11 is 0. The molecule has 1 rings (SSSR count). The number of hydrogen-bond acceptors (Lipinski definition) is 3. The molecule has 1 aromatic carbocycles. The van der Waals surface area contributed by atoms with E-state index in [1.54, 1.807) is 40.0 Å². The quantitative estimate of drug-likeness (QED) is 0.801. The maximum absolute atomic E-state index is 12.9. The van der Waals surface area contributed by atoms with Gasteiger partial charge in [-0.1, -0.05) is 18.2 Å². The van der Waals surface area contributed by atoms with E-state index in [4.69, 9.17) is 4.74 Å². The Morgan fingerprint density at radius 1 is 1.25 bits per heavy atom. The number of hydrogen-bond donors (Lipinski definition) is 1. The Bertz CT molecular complexity index is 529. The van der Waals surface area contributed by atoms with Crippen LogP contribution in [0.1, 0.15) is 57.1 Å². The number of aliphatic hydroxyl groups excluding tert-OH is 1. The summed E-state index contributed by atoms with van der Waals surface area (Å²) in [6, 6.07) is 6.23. The van der Waals surface area contributed by atoms with Gasteiger partial charge in [0.25, 0.3) is 6.43 Å². The number of nitrogens with zero attached hydrogens (tertiary/aromatic N) is 1. The highest BCUT2D eigenvalue weighted by Crippen LogP contribution is 2.28. The Labute approximate surface area is 142 Å². The Kier molecular flexibility index (Phi) is 7.60. The molecule has 4 nitrogen and oxygen atoms in total. The largest absolute Gasteiger partial charge is 0.444 e. The average molecular weight is 343 g/mol. The summed E-state index contributed by atoms with van der Waals surface area (Å²) < 4.78 is 31.0. The van der Waals surface area contributed by atoms with Crippen molar-refractivity contribution in [2.24, 2.45) is 0 Å². The third kappa shape index (κ3) is 6.83. The van der Waals surface area contributed by atoms with E-state index >= 15 is 0 Å². The molecule has 0 fully saturated rings. The third-order valence-corrected chi connectivity index (χ3v) is 3.63. The molecular formula is C18H27F2NO3. The van der Waals surface area contributed by atoms with Crippen LogP contribution in [-0.2, 0) is 4.74 Å². The van der Waals surface area contributed by atoms with E-state index in [0.29, 0.717) is 19.4 Å². The second kappa shape index (κ2) is 8.97. The van der Waals surface area contributed by atoms with Gasteiger partial charge in [0.15, 0.2) is 0 Å². The van der Waals surface area contributed by atoms with Crippen molar-refractivity contribution in [2.45, 2.75) is 51.6 Å². The smallest absolute Gasteiger partial charge is 0.410 e. The van der Waals surface area contributed by atoms with Crippen LogP contribution in [0.2, 0.25) is 0 Å². The first-order valence-corrected chi connectivity index (χ1v) is 8.07. The summed E-state index contributed by atoms with van der Waals surface area (Å²) in [5.74, 6) is -0.0985. The van der Waals surface area contributed by atoms with E-state index < -0.39 is 18.1 Å². The Hall–Kier alpha value is -1.69. The lowest BCUT2D eigenvalue weighted by atomic mass is 9.91. The van der Waals surface area contributed by atoms with E-state index in [2.05, 4.69) is 0 Å². The fourth-order valence-corrected chi connectivity index (χ4v) is 2.36. The van der Waals surface area contributed by atoms with Gasteiger partial charge in [0.1, 0.15) is 5.60 Å². The van der Waals surface area contributed by atoms with Gasteiger partial charge in [-0.3, -0.25) is 0 Å². The molecule has 0 heterocycles. The van der Waals surface area contributed by atoms with Crippen molar-refractivity contribution in [3.63, 3.8) is 0 Å². The molecule has 0 saturated heterocycles. The highest BCUT2D eigenvalue weighted by molar-refractivity contribution is 5.67. The number of alkyl halides is 2. The summed E-state index contributed by atoms with van der Waals surface area (Å²) in [6.07, 6.45) is -1.94. The summed E-state index contributed by atoms with van der Waals surface area (Å²) in [5, 5.41) is 9.25. The van der Waals surface area contributed by atoms with Crippen LogP contribution in [0.15, 0.2) is 24.3 Å². The van der Waals surface area contributed by atoms with Gasteiger partial charge in [-0.25, -0.2) is 13.6 Å². The molecule has 1 atom stereocenters. The first kappa shape index (κ1) is 20.4. The van der Waals surface area contributed by atoms with Crippen molar-refractivity contribution in [3.05, 3.63) is 35.4 Å². The molecule has 1 amide bonds. The van der Waals surface area contributed by atoms with Gasteiger partial charge >= 0.3 is 6.09 Å². The number of carbonyl (C=O) groups excluding carboxylic acids is 1. The van der Waals surface area contributed by atoms with Crippen LogP contribution in [-0.4, -0.2) is 41.9 Å². The second-order valence-electron chi connectivity index (χ2n) is 6.87. The number of halogens is 2. The van der Waals surface area contributed by atoms with Gasteiger partial charge in [-0.05, 0) is 51.2 Å². The van der Waals surface area contributed by atoms with Crippen LogP contribution in [0.4, 0.5) is 13.6 Å². The van der Waals surface area contributed by atoms with Crippen LogP contribution in [0, 0.1) is 0 Å². The topological polar surface area (TPSA) is 49.8 Å². The molecule has 136 valence electrons. The fraction of sp³-hybridized carbons (Fsp3) is 0.611. The summed E-state index contributed by atoms with van der Waals surface area (Å²) in [5.41, 5.74) is 0.150. The molecule has 24 heavy (non-hydrogen) atoms. The van der Waals surface area contributed by atoms with Crippen molar-refractivity contribution in [1.29, 1.82) is 0 Å². The summed E-state index contributed by atoms with van der Waals surface area (Å²) in [4.78, 5) is 13.4. The Morgan fingerprint density at radius 2 is 1.88 bits per heavy atom. The number of ether oxygens (including phenoxy) is 1. The highest BCUT2D eigenvalue weighted by atomic mass is 19.3. The maximum Gasteiger partial charge on any atom is 0.410 e. The molecule has 1 unspecified atom stereocenters. The fourth-order valence-electron chi connectivity index (χ4n) is 2.36. The minimum atomic E-state index is -2.52. The molecule has 0 aliphatic heterocycles.